The van der Waals surface area contributed by atoms with Gasteiger partial charge in [0.05, 0.1) is 13.2 Å². The molecule has 0 heterocycles. The molecule has 0 aromatic heterocycles. The van der Waals surface area contributed by atoms with E-state index in [4.69, 9.17) is 15.2 Å². The average molecular weight is 263 g/mol. The molecule has 2 N–H and O–H groups in total. The summed E-state index contributed by atoms with van der Waals surface area (Å²) in [7, 11) is 1.67. The van der Waals surface area contributed by atoms with Crippen molar-refractivity contribution in [1.82, 2.24) is 0 Å². The molecule has 1 saturated carbocycles. The summed E-state index contributed by atoms with van der Waals surface area (Å²) < 4.78 is 11.4. The van der Waals surface area contributed by atoms with Gasteiger partial charge in [-0.2, -0.15) is 0 Å². The maximum atomic E-state index is 6.18. The third-order valence-electron chi connectivity index (χ3n) is 3.92. The molecule has 0 spiro atoms. The number of methoxy groups -OCH3 is 1. The first-order valence-corrected chi connectivity index (χ1v) is 7.16. The summed E-state index contributed by atoms with van der Waals surface area (Å²) in [6, 6.07) is 5.88. The lowest BCUT2D eigenvalue weighted by molar-refractivity contribution is 0.100. The molecule has 0 aliphatic heterocycles. The number of hydrogen-bond acceptors (Lipinski definition) is 3. The van der Waals surface area contributed by atoms with Crippen molar-refractivity contribution < 1.29 is 9.47 Å². The first-order valence-electron chi connectivity index (χ1n) is 7.16. The van der Waals surface area contributed by atoms with Crippen molar-refractivity contribution in [2.45, 2.75) is 45.8 Å². The summed E-state index contributed by atoms with van der Waals surface area (Å²) in [6.07, 6.45) is 3.91. The Labute approximate surface area is 116 Å². The molecule has 3 nitrogen and oxygen atoms in total. The Balaban J connectivity index is 2.09. The van der Waals surface area contributed by atoms with E-state index < -0.39 is 0 Å². The fraction of sp³-hybridized carbons (Fsp3) is 0.625. The minimum Gasteiger partial charge on any atom is -0.497 e. The summed E-state index contributed by atoms with van der Waals surface area (Å²) in [5.41, 5.74) is 6.82. The van der Waals surface area contributed by atoms with Gasteiger partial charge in [0.1, 0.15) is 11.5 Å². The van der Waals surface area contributed by atoms with Crippen LogP contribution in [0.3, 0.4) is 0 Å². The van der Waals surface area contributed by atoms with Crippen molar-refractivity contribution >= 4 is 0 Å². The molecule has 0 amide bonds. The molecule has 0 radical (unpaired) electrons. The number of hydrogen-bond donors (Lipinski definition) is 1. The Bertz CT molecular complexity index is 409. The molecule has 0 saturated heterocycles. The highest BCUT2D eigenvalue weighted by Gasteiger charge is 2.25. The Morgan fingerprint density at radius 3 is 2.42 bits per heavy atom. The molecule has 3 heteroatoms. The molecule has 1 aromatic carbocycles. The fourth-order valence-electron chi connectivity index (χ4n) is 3.11. The molecule has 2 atom stereocenters. The van der Waals surface area contributed by atoms with E-state index in [2.05, 4.69) is 13.8 Å². The number of nitrogens with two attached hydrogens (primary N) is 1. The highest BCUT2D eigenvalue weighted by Crippen LogP contribution is 2.33. The van der Waals surface area contributed by atoms with E-state index in [0.29, 0.717) is 12.6 Å². The largest absolute Gasteiger partial charge is 0.497 e. The van der Waals surface area contributed by atoms with Gasteiger partial charge < -0.3 is 15.2 Å². The topological polar surface area (TPSA) is 44.5 Å². The van der Waals surface area contributed by atoms with Gasteiger partial charge in [-0.15, -0.1) is 0 Å². The van der Waals surface area contributed by atoms with Crippen molar-refractivity contribution in [1.29, 1.82) is 0 Å². The minimum atomic E-state index is 0.317. The summed E-state index contributed by atoms with van der Waals surface area (Å²) in [5.74, 6) is 3.23. The maximum absolute atomic E-state index is 6.18. The average Bonchev–Trinajstić information content (AvgIpc) is 2.38. The van der Waals surface area contributed by atoms with Crippen LogP contribution in [0.4, 0.5) is 0 Å². The van der Waals surface area contributed by atoms with Crippen molar-refractivity contribution in [2.75, 3.05) is 7.11 Å². The van der Waals surface area contributed by atoms with Gasteiger partial charge in [-0.25, -0.2) is 0 Å². The number of ether oxygens (including phenoxy) is 2. The van der Waals surface area contributed by atoms with E-state index in [9.17, 15) is 0 Å². The van der Waals surface area contributed by atoms with E-state index >= 15 is 0 Å². The van der Waals surface area contributed by atoms with Gasteiger partial charge in [0, 0.05) is 12.1 Å². The van der Waals surface area contributed by atoms with Crippen LogP contribution in [0, 0.1) is 11.8 Å². The van der Waals surface area contributed by atoms with Crippen molar-refractivity contribution in [3.63, 3.8) is 0 Å². The zero-order valence-corrected chi connectivity index (χ0v) is 12.2. The summed E-state index contributed by atoms with van der Waals surface area (Å²) >= 11 is 0. The van der Waals surface area contributed by atoms with Gasteiger partial charge in [-0.1, -0.05) is 13.8 Å². The van der Waals surface area contributed by atoms with Crippen LogP contribution in [0.1, 0.15) is 38.7 Å². The molecule has 2 unspecified atom stereocenters. The third-order valence-corrected chi connectivity index (χ3v) is 3.92. The lowest BCUT2D eigenvalue weighted by Crippen LogP contribution is -2.28. The molecule has 19 heavy (non-hydrogen) atoms. The van der Waals surface area contributed by atoms with Gasteiger partial charge in [0.15, 0.2) is 0 Å². The van der Waals surface area contributed by atoms with Crippen LogP contribution >= 0.6 is 0 Å². The Kier molecular flexibility index (Phi) is 4.70. The second-order valence-electron chi connectivity index (χ2n) is 5.84. The SMILES string of the molecule is COc1ccc(OC2CC(C)CC(C)C2)c(CN)c1. The fourth-order valence-corrected chi connectivity index (χ4v) is 3.11. The van der Waals surface area contributed by atoms with Crippen molar-refractivity contribution in [2.24, 2.45) is 17.6 Å². The molecule has 1 aliphatic rings. The summed E-state index contributed by atoms with van der Waals surface area (Å²) in [4.78, 5) is 0. The third kappa shape index (κ3) is 3.63. The van der Waals surface area contributed by atoms with Crippen LogP contribution < -0.4 is 15.2 Å². The molecule has 2 rings (SSSR count). The van der Waals surface area contributed by atoms with E-state index in [-0.39, 0.29) is 0 Å². The second-order valence-corrected chi connectivity index (χ2v) is 5.84. The molecular weight excluding hydrogens is 238 g/mol. The monoisotopic (exact) mass is 263 g/mol. The van der Waals surface area contributed by atoms with Crippen LogP contribution in [0.5, 0.6) is 11.5 Å². The van der Waals surface area contributed by atoms with Crippen LogP contribution in [-0.4, -0.2) is 13.2 Å². The quantitative estimate of drug-likeness (QED) is 0.906. The summed E-state index contributed by atoms with van der Waals surface area (Å²) in [6.45, 7) is 5.10. The van der Waals surface area contributed by atoms with Gasteiger partial charge >= 0.3 is 0 Å². The van der Waals surface area contributed by atoms with Crippen LogP contribution in [0.15, 0.2) is 18.2 Å². The highest BCUT2D eigenvalue weighted by atomic mass is 16.5. The van der Waals surface area contributed by atoms with Gasteiger partial charge in [-0.3, -0.25) is 0 Å². The van der Waals surface area contributed by atoms with E-state index in [0.717, 1.165) is 41.7 Å². The minimum absolute atomic E-state index is 0.317. The lowest BCUT2D eigenvalue weighted by Gasteiger charge is -2.32. The van der Waals surface area contributed by atoms with Crippen molar-refractivity contribution in [3.05, 3.63) is 23.8 Å². The van der Waals surface area contributed by atoms with Gasteiger partial charge in [-0.05, 0) is 49.3 Å². The second kappa shape index (κ2) is 6.29. The summed E-state index contributed by atoms with van der Waals surface area (Å²) in [5, 5.41) is 0. The smallest absolute Gasteiger partial charge is 0.124 e. The standard InChI is InChI=1S/C16H25NO2/c1-11-6-12(2)8-15(7-11)19-16-5-4-14(18-3)9-13(16)10-17/h4-5,9,11-12,15H,6-8,10,17H2,1-3H3. The first kappa shape index (κ1) is 14.2. The predicted octanol–water partition coefficient (Wildman–Crippen LogP) is 3.36. The normalized spacial score (nSPS) is 27.1. The number of rotatable bonds is 4. The van der Waals surface area contributed by atoms with E-state index in [1.165, 1.54) is 6.42 Å². The molecule has 0 bridgehead atoms. The van der Waals surface area contributed by atoms with Crippen LogP contribution in [0.25, 0.3) is 0 Å². The molecule has 1 aromatic rings. The van der Waals surface area contributed by atoms with Gasteiger partial charge in [0.2, 0.25) is 0 Å². The molecular formula is C16H25NO2. The van der Waals surface area contributed by atoms with E-state index in [1.54, 1.807) is 7.11 Å². The van der Waals surface area contributed by atoms with Gasteiger partial charge in [0.25, 0.3) is 0 Å². The Morgan fingerprint density at radius 1 is 1.16 bits per heavy atom. The first-order chi connectivity index (χ1) is 9.12. The zero-order chi connectivity index (χ0) is 13.8. The number of benzene rings is 1. The molecule has 106 valence electrons. The molecule has 1 fully saturated rings. The maximum Gasteiger partial charge on any atom is 0.124 e. The predicted molar refractivity (Wildman–Crippen MR) is 77.5 cm³/mol. The molecule has 1 aliphatic carbocycles. The van der Waals surface area contributed by atoms with E-state index in [1.807, 2.05) is 18.2 Å². The van der Waals surface area contributed by atoms with Crippen LogP contribution in [0.2, 0.25) is 0 Å². The lowest BCUT2D eigenvalue weighted by atomic mass is 9.82. The zero-order valence-electron chi connectivity index (χ0n) is 12.2. The van der Waals surface area contributed by atoms with Crippen LogP contribution in [-0.2, 0) is 6.54 Å². The highest BCUT2D eigenvalue weighted by molar-refractivity contribution is 5.40. The van der Waals surface area contributed by atoms with Crippen molar-refractivity contribution in [3.8, 4) is 11.5 Å². The Hall–Kier alpha value is -1.22. The Morgan fingerprint density at radius 2 is 1.84 bits per heavy atom.